The van der Waals surface area contributed by atoms with Gasteiger partial charge < -0.3 is 0 Å². The van der Waals surface area contributed by atoms with E-state index in [0.717, 1.165) is 12.2 Å². The molecule has 1 heterocycles. The van der Waals surface area contributed by atoms with Crippen molar-refractivity contribution in [1.82, 2.24) is 20.6 Å². The highest BCUT2D eigenvalue weighted by atomic mass is 15.5. The van der Waals surface area contributed by atoms with E-state index in [0.29, 0.717) is 5.92 Å². The minimum absolute atomic E-state index is 0.439. The number of H-pyrrole nitrogens is 1. The Morgan fingerprint density at radius 2 is 2.36 bits per heavy atom. The molecule has 0 spiro atoms. The van der Waals surface area contributed by atoms with Crippen molar-refractivity contribution in [1.29, 1.82) is 0 Å². The molecule has 1 aromatic heterocycles. The SMILES string of the molecule is CCCCC(C)c1nn[nH]n1. The van der Waals surface area contributed by atoms with Crippen LogP contribution in [0.1, 0.15) is 44.9 Å². The zero-order chi connectivity index (χ0) is 8.10. The van der Waals surface area contributed by atoms with Crippen molar-refractivity contribution >= 4 is 0 Å². The Hall–Kier alpha value is -0.930. The minimum atomic E-state index is 0.439. The number of unbranched alkanes of at least 4 members (excludes halogenated alkanes) is 1. The van der Waals surface area contributed by atoms with E-state index in [-0.39, 0.29) is 0 Å². The standard InChI is InChI=1S/C7H14N4/c1-3-4-5-6(2)7-8-10-11-9-7/h6H,3-5H2,1-2H3,(H,8,9,10,11). The van der Waals surface area contributed by atoms with E-state index in [2.05, 4.69) is 34.5 Å². The van der Waals surface area contributed by atoms with E-state index in [1.165, 1.54) is 12.8 Å². The van der Waals surface area contributed by atoms with Crippen molar-refractivity contribution in [2.75, 3.05) is 0 Å². The van der Waals surface area contributed by atoms with Gasteiger partial charge in [-0.05, 0) is 6.42 Å². The topological polar surface area (TPSA) is 54.5 Å². The van der Waals surface area contributed by atoms with Gasteiger partial charge in [-0.3, -0.25) is 0 Å². The Balaban J connectivity index is 2.36. The molecular formula is C7H14N4. The van der Waals surface area contributed by atoms with E-state index in [9.17, 15) is 0 Å². The molecule has 0 radical (unpaired) electrons. The fourth-order valence-corrected chi connectivity index (χ4v) is 1.02. The molecule has 4 heteroatoms. The normalized spacial score (nSPS) is 13.3. The summed E-state index contributed by atoms with van der Waals surface area (Å²) in [5.41, 5.74) is 0. The third-order valence-corrected chi connectivity index (χ3v) is 1.79. The first-order valence-electron chi connectivity index (χ1n) is 4.08. The zero-order valence-electron chi connectivity index (χ0n) is 7.04. The smallest absolute Gasteiger partial charge is 0.177 e. The third-order valence-electron chi connectivity index (χ3n) is 1.79. The summed E-state index contributed by atoms with van der Waals surface area (Å²) in [6, 6.07) is 0. The third kappa shape index (κ3) is 2.29. The second-order valence-corrected chi connectivity index (χ2v) is 2.81. The van der Waals surface area contributed by atoms with Crippen molar-refractivity contribution in [3.05, 3.63) is 5.82 Å². The summed E-state index contributed by atoms with van der Waals surface area (Å²) in [4.78, 5) is 0. The van der Waals surface area contributed by atoms with E-state index in [1.807, 2.05) is 0 Å². The maximum atomic E-state index is 3.92. The van der Waals surface area contributed by atoms with E-state index < -0.39 is 0 Å². The molecule has 0 amide bonds. The van der Waals surface area contributed by atoms with Gasteiger partial charge >= 0.3 is 0 Å². The first-order valence-corrected chi connectivity index (χ1v) is 4.08. The Morgan fingerprint density at radius 3 is 2.91 bits per heavy atom. The second-order valence-electron chi connectivity index (χ2n) is 2.81. The fourth-order valence-electron chi connectivity index (χ4n) is 1.02. The second kappa shape index (κ2) is 4.05. The van der Waals surface area contributed by atoms with Crippen LogP contribution < -0.4 is 0 Å². The molecule has 1 aromatic rings. The van der Waals surface area contributed by atoms with Gasteiger partial charge in [0.1, 0.15) is 0 Å². The predicted octanol–water partition coefficient (Wildman–Crippen LogP) is 1.49. The molecule has 0 fully saturated rings. The average molecular weight is 154 g/mol. The van der Waals surface area contributed by atoms with Crippen molar-refractivity contribution in [3.63, 3.8) is 0 Å². The van der Waals surface area contributed by atoms with Gasteiger partial charge in [-0.1, -0.05) is 31.9 Å². The first-order chi connectivity index (χ1) is 5.34. The Morgan fingerprint density at radius 1 is 1.55 bits per heavy atom. The van der Waals surface area contributed by atoms with Crippen LogP contribution in [0.15, 0.2) is 0 Å². The fraction of sp³-hybridized carbons (Fsp3) is 0.857. The molecule has 4 nitrogen and oxygen atoms in total. The van der Waals surface area contributed by atoms with Gasteiger partial charge in [-0.15, -0.1) is 10.2 Å². The Kier molecular flexibility index (Phi) is 3.01. The molecule has 0 aromatic carbocycles. The number of hydrogen-bond donors (Lipinski definition) is 1. The van der Waals surface area contributed by atoms with Gasteiger partial charge in [0.25, 0.3) is 0 Å². The van der Waals surface area contributed by atoms with Crippen LogP contribution in [-0.2, 0) is 0 Å². The first kappa shape index (κ1) is 8.17. The monoisotopic (exact) mass is 154 g/mol. The van der Waals surface area contributed by atoms with Crippen LogP contribution in [0, 0.1) is 0 Å². The summed E-state index contributed by atoms with van der Waals surface area (Å²) in [7, 11) is 0. The molecule has 0 saturated carbocycles. The molecule has 0 bridgehead atoms. The summed E-state index contributed by atoms with van der Waals surface area (Å²) in [6.07, 6.45) is 3.61. The number of nitrogens with zero attached hydrogens (tertiary/aromatic N) is 3. The van der Waals surface area contributed by atoms with Crippen LogP contribution in [0.3, 0.4) is 0 Å². The van der Waals surface area contributed by atoms with Crippen molar-refractivity contribution in [2.24, 2.45) is 0 Å². The maximum Gasteiger partial charge on any atom is 0.177 e. The number of nitrogens with one attached hydrogen (secondary N) is 1. The van der Waals surface area contributed by atoms with Crippen LogP contribution in [0.25, 0.3) is 0 Å². The summed E-state index contributed by atoms with van der Waals surface area (Å²) in [5, 5.41) is 13.8. The molecule has 0 aliphatic carbocycles. The lowest BCUT2D eigenvalue weighted by Gasteiger charge is -2.03. The summed E-state index contributed by atoms with van der Waals surface area (Å²) in [6.45, 7) is 4.31. The van der Waals surface area contributed by atoms with Crippen LogP contribution in [0.4, 0.5) is 0 Å². The van der Waals surface area contributed by atoms with Gasteiger partial charge in [0.2, 0.25) is 0 Å². The van der Waals surface area contributed by atoms with Crippen molar-refractivity contribution in [2.45, 2.75) is 39.0 Å². The van der Waals surface area contributed by atoms with E-state index in [1.54, 1.807) is 0 Å². The highest BCUT2D eigenvalue weighted by molar-refractivity contribution is 4.86. The van der Waals surface area contributed by atoms with Gasteiger partial charge in [0.05, 0.1) is 0 Å². The lowest BCUT2D eigenvalue weighted by molar-refractivity contribution is 0.596. The van der Waals surface area contributed by atoms with E-state index >= 15 is 0 Å². The van der Waals surface area contributed by atoms with Gasteiger partial charge in [-0.2, -0.15) is 5.21 Å². The summed E-state index contributed by atoms with van der Waals surface area (Å²) in [5.74, 6) is 1.27. The predicted molar refractivity (Wildman–Crippen MR) is 42.1 cm³/mol. The highest BCUT2D eigenvalue weighted by Crippen LogP contribution is 2.15. The quantitative estimate of drug-likeness (QED) is 0.714. The average Bonchev–Trinajstić information content (AvgIpc) is 2.52. The van der Waals surface area contributed by atoms with Crippen LogP contribution in [0.5, 0.6) is 0 Å². The molecule has 0 saturated heterocycles. The lowest BCUT2D eigenvalue weighted by Crippen LogP contribution is -1.96. The lowest BCUT2D eigenvalue weighted by atomic mass is 10.0. The number of aromatic amines is 1. The number of tetrazole rings is 1. The van der Waals surface area contributed by atoms with Crippen molar-refractivity contribution < 1.29 is 0 Å². The van der Waals surface area contributed by atoms with Gasteiger partial charge in [-0.25, -0.2) is 0 Å². The van der Waals surface area contributed by atoms with Crippen molar-refractivity contribution in [3.8, 4) is 0 Å². The molecule has 0 aliphatic heterocycles. The van der Waals surface area contributed by atoms with Crippen LogP contribution in [0.2, 0.25) is 0 Å². The zero-order valence-corrected chi connectivity index (χ0v) is 7.04. The molecule has 11 heavy (non-hydrogen) atoms. The van der Waals surface area contributed by atoms with Crippen LogP contribution in [-0.4, -0.2) is 20.6 Å². The van der Waals surface area contributed by atoms with Gasteiger partial charge in [0.15, 0.2) is 5.82 Å². The van der Waals surface area contributed by atoms with Gasteiger partial charge in [0, 0.05) is 5.92 Å². The number of rotatable bonds is 4. The molecule has 1 N–H and O–H groups in total. The largest absolute Gasteiger partial charge is 0.177 e. The molecule has 1 unspecified atom stereocenters. The number of aromatic nitrogens is 4. The Bertz CT molecular complexity index is 182. The number of hydrogen-bond acceptors (Lipinski definition) is 3. The highest BCUT2D eigenvalue weighted by Gasteiger charge is 2.08. The molecular weight excluding hydrogens is 140 g/mol. The molecule has 1 rings (SSSR count). The molecule has 0 aliphatic rings. The molecule has 62 valence electrons. The molecule has 1 atom stereocenters. The summed E-state index contributed by atoms with van der Waals surface area (Å²) >= 11 is 0. The summed E-state index contributed by atoms with van der Waals surface area (Å²) < 4.78 is 0. The van der Waals surface area contributed by atoms with Crippen LogP contribution >= 0.6 is 0 Å². The minimum Gasteiger partial charge on any atom is -0.177 e. The van der Waals surface area contributed by atoms with E-state index in [4.69, 9.17) is 0 Å². The maximum absolute atomic E-state index is 3.92. The Labute approximate surface area is 66.4 Å².